The Morgan fingerprint density at radius 2 is 0.958 bits per heavy atom. The van der Waals surface area contributed by atoms with E-state index in [1.165, 1.54) is 0 Å². The third-order valence-corrected chi connectivity index (χ3v) is 10.8. The maximum Gasteiger partial charge on any atom is 0.335 e. The molecule has 8 rings (SSSR count). The van der Waals surface area contributed by atoms with Gasteiger partial charge in [0.25, 0.3) is 0 Å². The molecule has 6 atom stereocenters. The number of anilines is 2. The number of halogens is 4. The summed E-state index contributed by atoms with van der Waals surface area (Å²) in [6.07, 6.45) is 10.8. The van der Waals surface area contributed by atoms with Crippen LogP contribution in [0.1, 0.15) is 79.7 Å². The van der Waals surface area contributed by atoms with Gasteiger partial charge in [0.1, 0.15) is 0 Å². The van der Waals surface area contributed by atoms with Crippen LogP contribution in [0.5, 0.6) is 0 Å². The van der Waals surface area contributed by atoms with Gasteiger partial charge in [-0.15, -0.1) is 0 Å². The minimum absolute atomic E-state index is 0.0824. The van der Waals surface area contributed by atoms with Gasteiger partial charge in [0.05, 0.1) is 44.6 Å². The molecular weight excluding hydrogens is 690 g/mol. The van der Waals surface area contributed by atoms with Crippen LogP contribution in [0.2, 0.25) is 20.1 Å². The lowest BCUT2D eigenvalue weighted by atomic mass is 9.77. The van der Waals surface area contributed by atoms with Gasteiger partial charge in [0, 0.05) is 21.9 Å². The Morgan fingerprint density at radius 3 is 1.31 bits per heavy atom. The topological polar surface area (TPSA) is 98.7 Å². The molecule has 10 heteroatoms. The average Bonchev–Trinajstić information content (AvgIpc) is 3.76. The smallest absolute Gasteiger partial charge is 0.335 e. The van der Waals surface area contributed by atoms with Crippen LogP contribution in [-0.2, 0) is 0 Å². The second-order valence-electron chi connectivity index (χ2n) is 12.5. The van der Waals surface area contributed by atoms with E-state index >= 15 is 0 Å². The fourth-order valence-corrected chi connectivity index (χ4v) is 8.70. The van der Waals surface area contributed by atoms with Crippen LogP contribution in [0.15, 0.2) is 97.1 Å². The highest BCUT2D eigenvalue weighted by Crippen LogP contribution is 2.53. The third kappa shape index (κ3) is 6.07. The van der Waals surface area contributed by atoms with Gasteiger partial charge in [0.2, 0.25) is 0 Å². The van der Waals surface area contributed by atoms with Gasteiger partial charge >= 0.3 is 11.9 Å². The van der Waals surface area contributed by atoms with E-state index in [0.717, 1.165) is 46.5 Å². The predicted molar refractivity (Wildman–Crippen MR) is 192 cm³/mol. The fourth-order valence-electron chi connectivity index (χ4n) is 7.57. The number of carboxylic acid groups (broad SMARTS) is 2. The highest BCUT2D eigenvalue weighted by molar-refractivity contribution is 6.37. The quantitative estimate of drug-likeness (QED) is 0.157. The highest BCUT2D eigenvalue weighted by atomic mass is 35.5. The van der Waals surface area contributed by atoms with E-state index in [-0.39, 0.29) is 23.9 Å². The standard InChI is InChI=1S/2C19H15Cl2NO2/c2*20-12-8-15-13-2-1-3-14(13)17(22-18(15)16(21)9-12)10-4-6-11(7-5-10)19(23)24/h2*1-2,4-9,13-14,17,22H,3H2,(H,23,24)/t2*13-,14+,17+/m10/s1. The number of carboxylic acids is 2. The lowest BCUT2D eigenvalue weighted by Gasteiger charge is -2.38. The van der Waals surface area contributed by atoms with Crippen LogP contribution in [-0.4, -0.2) is 22.2 Å². The lowest BCUT2D eigenvalue weighted by Crippen LogP contribution is -2.29. The number of allylic oxidation sites excluding steroid dienone is 4. The number of aromatic carboxylic acids is 2. The minimum atomic E-state index is -0.915. The molecule has 4 N–H and O–H groups in total. The van der Waals surface area contributed by atoms with Crippen molar-refractivity contribution in [3.05, 3.63) is 151 Å². The number of hydrogen-bond acceptors (Lipinski definition) is 4. The van der Waals surface area contributed by atoms with Crippen molar-refractivity contribution in [3.8, 4) is 0 Å². The maximum atomic E-state index is 11.1. The van der Waals surface area contributed by atoms with Gasteiger partial charge < -0.3 is 20.8 Å². The Labute approximate surface area is 298 Å². The molecule has 48 heavy (non-hydrogen) atoms. The maximum absolute atomic E-state index is 11.1. The zero-order valence-corrected chi connectivity index (χ0v) is 28.4. The van der Waals surface area contributed by atoms with Gasteiger partial charge in [-0.1, -0.05) is 95.0 Å². The normalized spacial score (nSPS) is 24.2. The Kier molecular flexibility index (Phi) is 8.94. The van der Waals surface area contributed by atoms with E-state index in [9.17, 15) is 9.59 Å². The van der Waals surface area contributed by atoms with Crippen molar-refractivity contribution in [3.63, 3.8) is 0 Å². The van der Waals surface area contributed by atoms with Gasteiger partial charge in [0.15, 0.2) is 0 Å². The molecule has 244 valence electrons. The Morgan fingerprint density at radius 1 is 0.583 bits per heavy atom. The summed E-state index contributed by atoms with van der Waals surface area (Å²) in [6.45, 7) is 0. The molecule has 0 fully saturated rings. The molecule has 0 saturated carbocycles. The van der Waals surface area contributed by atoms with E-state index in [0.29, 0.717) is 43.1 Å². The first-order chi connectivity index (χ1) is 23.1. The van der Waals surface area contributed by atoms with Gasteiger partial charge in [-0.2, -0.15) is 0 Å². The van der Waals surface area contributed by atoms with E-state index in [1.54, 1.807) is 36.4 Å². The summed E-state index contributed by atoms with van der Waals surface area (Å²) in [5, 5.41) is 27.8. The first-order valence-corrected chi connectivity index (χ1v) is 17.1. The zero-order valence-electron chi connectivity index (χ0n) is 25.3. The predicted octanol–water partition coefficient (Wildman–Crippen LogP) is 11.0. The third-order valence-electron chi connectivity index (χ3n) is 9.80. The molecule has 0 unspecified atom stereocenters. The molecule has 0 radical (unpaired) electrons. The summed E-state index contributed by atoms with van der Waals surface area (Å²) in [4.78, 5) is 22.1. The van der Waals surface area contributed by atoms with Crippen molar-refractivity contribution in [2.45, 2.75) is 36.8 Å². The van der Waals surface area contributed by atoms with E-state index in [1.807, 2.05) is 36.4 Å². The second kappa shape index (κ2) is 13.2. The molecule has 6 nitrogen and oxygen atoms in total. The van der Waals surface area contributed by atoms with Crippen molar-refractivity contribution >= 4 is 69.7 Å². The lowest BCUT2D eigenvalue weighted by molar-refractivity contribution is 0.0686. The van der Waals surface area contributed by atoms with Crippen LogP contribution in [0.4, 0.5) is 11.4 Å². The summed E-state index contributed by atoms with van der Waals surface area (Å²) >= 11 is 25.2. The molecule has 2 aliphatic carbocycles. The first kappa shape index (κ1) is 32.6. The largest absolute Gasteiger partial charge is 0.478 e. The molecule has 0 bridgehead atoms. The van der Waals surface area contributed by atoms with E-state index in [4.69, 9.17) is 56.6 Å². The number of nitrogens with one attached hydrogen (secondary N) is 2. The number of rotatable bonds is 4. The molecule has 0 saturated heterocycles. The first-order valence-electron chi connectivity index (χ1n) is 15.6. The van der Waals surface area contributed by atoms with Gasteiger partial charge in [-0.25, -0.2) is 9.59 Å². The SMILES string of the molecule is O=C(O)c1ccc([C@@H]2Nc3c(Cl)cc(Cl)cc3[C@@H]3C=CC[C@@H]32)cc1.O=C(O)c1ccc([C@H]2Nc3c(Cl)cc(Cl)cc3[C@H]3C=CC[C@H]32)cc1. The van der Waals surface area contributed by atoms with Crippen molar-refractivity contribution < 1.29 is 19.8 Å². The van der Waals surface area contributed by atoms with Crippen LogP contribution < -0.4 is 10.6 Å². The number of fused-ring (bicyclic) bond motifs is 6. The Hall–Kier alpha value is -3.94. The summed E-state index contributed by atoms with van der Waals surface area (Å²) in [5.41, 5.74) is 6.81. The van der Waals surface area contributed by atoms with Gasteiger partial charge in [-0.05, 0) is 95.5 Å². The van der Waals surface area contributed by atoms with Crippen molar-refractivity contribution in [1.29, 1.82) is 0 Å². The monoisotopic (exact) mass is 718 g/mol. The van der Waals surface area contributed by atoms with Gasteiger partial charge in [-0.3, -0.25) is 0 Å². The number of hydrogen-bond donors (Lipinski definition) is 4. The number of carbonyl (C=O) groups is 2. The van der Waals surface area contributed by atoms with E-state index < -0.39 is 11.9 Å². The molecule has 4 aromatic rings. The molecule has 2 aliphatic heterocycles. The highest BCUT2D eigenvalue weighted by Gasteiger charge is 2.40. The molecule has 0 spiro atoms. The molecule has 4 aromatic carbocycles. The number of benzene rings is 4. The summed E-state index contributed by atoms with van der Waals surface area (Å²) in [5.74, 6) is -0.572. The van der Waals surface area contributed by atoms with Crippen LogP contribution in [0.3, 0.4) is 0 Å². The van der Waals surface area contributed by atoms with Crippen LogP contribution >= 0.6 is 46.4 Å². The Bertz CT molecular complexity index is 1830. The van der Waals surface area contributed by atoms with E-state index in [2.05, 4.69) is 34.9 Å². The molecule has 0 aromatic heterocycles. The Balaban J connectivity index is 0.000000152. The summed E-state index contributed by atoms with van der Waals surface area (Å²) < 4.78 is 0. The second-order valence-corrected chi connectivity index (χ2v) is 14.2. The van der Waals surface area contributed by atoms with Crippen molar-refractivity contribution in [1.82, 2.24) is 0 Å². The summed E-state index contributed by atoms with van der Waals surface area (Å²) in [6, 6.07) is 21.7. The molecule has 4 aliphatic rings. The summed E-state index contributed by atoms with van der Waals surface area (Å²) in [7, 11) is 0. The van der Waals surface area contributed by atoms with Crippen molar-refractivity contribution in [2.75, 3.05) is 10.6 Å². The minimum Gasteiger partial charge on any atom is -0.478 e. The van der Waals surface area contributed by atoms with Crippen molar-refractivity contribution in [2.24, 2.45) is 11.8 Å². The zero-order chi connectivity index (χ0) is 33.7. The molecule has 2 heterocycles. The van der Waals surface area contributed by atoms with Crippen LogP contribution in [0.25, 0.3) is 0 Å². The fraction of sp³-hybridized carbons (Fsp3) is 0.211. The van der Waals surface area contributed by atoms with Crippen LogP contribution in [0, 0.1) is 11.8 Å². The molecular formula is C38H30Cl4N2O4. The molecule has 0 amide bonds. The average molecular weight is 720 g/mol.